The van der Waals surface area contributed by atoms with Crippen molar-refractivity contribution in [2.24, 2.45) is 0 Å². The summed E-state index contributed by atoms with van der Waals surface area (Å²) in [5.74, 6) is 0.481. The number of nitrogens with zero attached hydrogens (tertiary/aromatic N) is 1. The summed E-state index contributed by atoms with van der Waals surface area (Å²) < 4.78 is 23.0. The van der Waals surface area contributed by atoms with E-state index < -0.39 is 9.84 Å². The molecule has 0 unspecified atom stereocenters. The molecule has 0 spiro atoms. The lowest BCUT2D eigenvalue weighted by atomic mass is 10.1. The molecular formula is C12H20N2O2S. The van der Waals surface area contributed by atoms with E-state index in [0.717, 1.165) is 5.56 Å². The van der Waals surface area contributed by atoms with Gasteiger partial charge in [-0.25, -0.2) is 8.42 Å². The van der Waals surface area contributed by atoms with Gasteiger partial charge in [-0.05, 0) is 31.0 Å². The molecule has 4 nitrogen and oxygen atoms in total. The van der Waals surface area contributed by atoms with Crippen LogP contribution in [-0.2, 0) is 9.84 Å². The average molecular weight is 256 g/mol. The highest BCUT2D eigenvalue weighted by molar-refractivity contribution is 7.91. The topological polar surface area (TPSA) is 59.1 Å². The molecule has 0 radical (unpaired) electrons. The van der Waals surface area contributed by atoms with E-state index in [2.05, 4.69) is 10.3 Å². The van der Waals surface area contributed by atoms with Crippen LogP contribution >= 0.6 is 0 Å². The van der Waals surface area contributed by atoms with E-state index in [1.54, 1.807) is 12.4 Å². The number of hydrogen-bond acceptors (Lipinski definition) is 4. The Labute approximate surface area is 103 Å². The Morgan fingerprint density at radius 3 is 2.53 bits per heavy atom. The van der Waals surface area contributed by atoms with Gasteiger partial charge in [-0.2, -0.15) is 0 Å². The van der Waals surface area contributed by atoms with Crippen LogP contribution in [-0.4, -0.2) is 31.5 Å². The average Bonchev–Trinajstić information content (AvgIpc) is 2.29. The van der Waals surface area contributed by atoms with Crippen molar-refractivity contribution in [3.05, 3.63) is 30.1 Å². The molecule has 0 bridgehead atoms. The first-order valence-electron chi connectivity index (χ1n) is 5.89. The maximum atomic E-state index is 11.5. The fourth-order valence-corrected chi connectivity index (χ4v) is 2.87. The first-order chi connectivity index (χ1) is 8.05. The van der Waals surface area contributed by atoms with E-state index in [-0.39, 0.29) is 17.5 Å². The maximum Gasteiger partial charge on any atom is 0.151 e. The number of sulfone groups is 1. The molecule has 1 atom stereocenters. The summed E-state index contributed by atoms with van der Waals surface area (Å²) in [4.78, 5) is 3.95. The van der Waals surface area contributed by atoms with Gasteiger partial charge < -0.3 is 5.32 Å². The van der Waals surface area contributed by atoms with Gasteiger partial charge in [0.1, 0.15) is 0 Å². The van der Waals surface area contributed by atoms with Crippen molar-refractivity contribution in [1.29, 1.82) is 0 Å². The number of nitrogens with one attached hydrogen (secondary N) is 1. The Kier molecular flexibility index (Phi) is 5.58. The predicted molar refractivity (Wildman–Crippen MR) is 69.6 cm³/mol. The molecule has 0 fully saturated rings. The normalized spacial score (nSPS) is 13.5. The minimum atomic E-state index is -2.88. The van der Waals surface area contributed by atoms with Crippen molar-refractivity contribution in [3.63, 3.8) is 0 Å². The fraction of sp³-hybridized carbons (Fsp3) is 0.583. The molecular weight excluding hydrogens is 236 g/mol. The number of aromatic nitrogens is 1. The van der Waals surface area contributed by atoms with Gasteiger partial charge in [-0.3, -0.25) is 4.98 Å². The molecule has 96 valence electrons. The summed E-state index contributed by atoms with van der Waals surface area (Å²) >= 11 is 0. The van der Waals surface area contributed by atoms with Crippen LogP contribution in [0.3, 0.4) is 0 Å². The van der Waals surface area contributed by atoms with E-state index in [1.165, 1.54) is 0 Å². The summed E-state index contributed by atoms with van der Waals surface area (Å²) in [6.45, 7) is 4.39. The highest BCUT2D eigenvalue weighted by atomic mass is 32.2. The first-order valence-corrected chi connectivity index (χ1v) is 7.71. The number of rotatable bonds is 7. The van der Waals surface area contributed by atoms with Gasteiger partial charge in [0.25, 0.3) is 0 Å². The van der Waals surface area contributed by atoms with Crippen LogP contribution < -0.4 is 5.32 Å². The summed E-state index contributed by atoms with van der Waals surface area (Å²) in [6.07, 6.45) is 4.16. The zero-order valence-corrected chi connectivity index (χ0v) is 11.2. The van der Waals surface area contributed by atoms with Crippen molar-refractivity contribution in [2.45, 2.75) is 26.3 Å². The maximum absolute atomic E-state index is 11.5. The SMILES string of the molecule is CCCS(=O)(=O)CCN[C@H](C)c1ccncc1. The van der Waals surface area contributed by atoms with Crippen molar-refractivity contribution < 1.29 is 8.42 Å². The lowest BCUT2D eigenvalue weighted by Crippen LogP contribution is -2.26. The van der Waals surface area contributed by atoms with Crippen LogP contribution in [0.15, 0.2) is 24.5 Å². The van der Waals surface area contributed by atoms with E-state index >= 15 is 0 Å². The summed E-state index contributed by atoms with van der Waals surface area (Å²) in [5, 5.41) is 3.21. The second-order valence-electron chi connectivity index (χ2n) is 4.11. The molecule has 0 aliphatic carbocycles. The Bertz CT molecular complexity index is 417. The Balaban J connectivity index is 2.37. The molecule has 1 aromatic rings. The van der Waals surface area contributed by atoms with Crippen LogP contribution in [0.1, 0.15) is 31.9 Å². The molecule has 17 heavy (non-hydrogen) atoms. The van der Waals surface area contributed by atoms with Gasteiger partial charge in [0, 0.05) is 30.7 Å². The van der Waals surface area contributed by atoms with E-state index in [1.807, 2.05) is 26.0 Å². The summed E-state index contributed by atoms with van der Waals surface area (Å²) in [6, 6.07) is 4.01. The minimum Gasteiger partial charge on any atom is -0.309 e. The first kappa shape index (κ1) is 14.1. The third kappa shape index (κ3) is 5.28. The van der Waals surface area contributed by atoms with Crippen LogP contribution in [0.5, 0.6) is 0 Å². The molecule has 5 heteroatoms. The minimum absolute atomic E-state index is 0.148. The van der Waals surface area contributed by atoms with Gasteiger partial charge in [-0.15, -0.1) is 0 Å². The van der Waals surface area contributed by atoms with Crippen LogP contribution in [0.2, 0.25) is 0 Å². The molecule has 0 saturated heterocycles. The number of hydrogen-bond donors (Lipinski definition) is 1. The second kappa shape index (κ2) is 6.71. The second-order valence-corrected chi connectivity index (χ2v) is 6.41. The van der Waals surface area contributed by atoms with Crippen molar-refractivity contribution in [2.75, 3.05) is 18.1 Å². The monoisotopic (exact) mass is 256 g/mol. The van der Waals surface area contributed by atoms with Crippen molar-refractivity contribution in [3.8, 4) is 0 Å². The zero-order chi connectivity index (χ0) is 12.7. The third-order valence-corrected chi connectivity index (χ3v) is 4.44. The molecule has 1 heterocycles. The Morgan fingerprint density at radius 2 is 1.94 bits per heavy atom. The standard InChI is InChI=1S/C12H20N2O2S/c1-3-9-17(15,16)10-8-14-11(2)12-4-6-13-7-5-12/h4-7,11,14H,3,8-10H2,1-2H3/t11-/m1/s1. The molecule has 0 saturated carbocycles. The van der Waals surface area contributed by atoms with E-state index in [4.69, 9.17) is 0 Å². The van der Waals surface area contributed by atoms with Crippen molar-refractivity contribution in [1.82, 2.24) is 10.3 Å². The zero-order valence-electron chi connectivity index (χ0n) is 10.4. The molecule has 0 aliphatic heterocycles. The van der Waals surface area contributed by atoms with E-state index in [0.29, 0.717) is 13.0 Å². The molecule has 1 rings (SSSR count). The highest BCUT2D eigenvalue weighted by Crippen LogP contribution is 2.09. The largest absolute Gasteiger partial charge is 0.309 e. The quantitative estimate of drug-likeness (QED) is 0.804. The lowest BCUT2D eigenvalue weighted by molar-refractivity contribution is 0.571. The number of pyridine rings is 1. The molecule has 1 aromatic heterocycles. The van der Waals surface area contributed by atoms with Gasteiger partial charge in [0.05, 0.1) is 5.75 Å². The molecule has 1 N–H and O–H groups in total. The van der Waals surface area contributed by atoms with E-state index in [9.17, 15) is 8.42 Å². The van der Waals surface area contributed by atoms with Gasteiger partial charge in [-0.1, -0.05) is 6.92 Å². The van der Waals surface area contributed by atoms with Crippen molar-refractivity contribution >= 4 is 9.84 Å². The lowest BCUT2D eigenvalue weighted by Gasteiger charge is -2.13. The Morgan fingerprint density at radius 1 is 1.29 bits per heavy atom. The predicted octanol–water partition coefficient (Wildman–Crippen LogP) is 1.56. The molecule has 0 aromatic carbocycles. The van der Waals surface area contributed by atoms with Crippen LogP contribution in [0.25, 0.3) is 0 Å². The smallest absolute Gasteiger partial charge is 0.151 e. The fourth-order valence-electron chi connectivity index (χ4n) is 1.61. The van der Waals surface area contributed by atoms with Gasteiger partial charge in [0.2, 0.25) is 0 Å². The Hall–Kier alpha value is -0.940. The summed E-state index contributed by atoms with van der Waals surface area (Å²) in [5.41, 5.74) is 1.12. The molecule has 0 aliphatic rings. The van der Waals surface area contributed by atoms with Crippen LogP contribution in [0.4, 0.5) is 0 Å². The van der Waals surface area contributed by atoms with Gasteiger partial charge >= 0.3 is 0 Å². The third-order valence-electron chi connectivity index (χ3n) is 2.58. The molecule has 0 amide bonds. The summed E-state index contributed by atoms with van der Waals surface area (Å²) in [7, 11) is -2.88. The van der Waals surface area contributed by atoms with Gasteiger partial charge in [0.15, 0.2) is 9.84 Å². The highest BCUT2D eigenvalue weighted by Gasteiger charge is 2.10. The van der Waals surface area contributed by atoms with Crippen LogP contribution in [0, 0.1) is 0 Å².